The van der Waals surface area contributed by atoms with Crippen molar-refractivity contribution in [2.45, 2.75) is 13.0 Å². The van der Waals surface area contributed by atoms with Gasteiger partial charge < -0.3 is 5.32 Å². The van der Waals surface area contributed by atoms with Gasteiger partial charge in [0.25, 0.3) is 0 Å². The van der Waals surface area contributed by atoms with E-state index in [1.54, 1.807) is 18.5 Å². The third-order valence-electron chi connectivity index (χ3n) is 2.57. The molecule has 0 radical (unpaired) electrons. The second kappa shape index (κ2) is 5.62. The Morgan fingerprint density at radius 2 is 2.26 bits per heavy atom. The van der Waals surface area contributed by atoms with Crippen molar-refractivity contribution in [3.8, 4) is 0 Å². The molecule has 1 N–H and O–H groups in total. The standard InChI is InChI=1S/C12H11ClN4O2/c1-8(9-3-2-4-14-6-9)16-12-11(17(18)19)5-10(13)7-15-12/h2-8H,1H3,(H,15,16). The van der Waals surface area contributed by atoms with Crippen LogP contribution in [-0.4, -0.2) is 14.9 Å². The van der Waals surface area contributed by atoms with Crippen molar-refractivity contribution in [1.82, 2.24) is 9.97 Å². The van der Waals surface area contributed by atoms with Gasteiger partial charge in [0.15, 0.2) is 0 Å². The van der Waals surface area contributed by atoms with Crippen molar-refractivity contribution < 1.29 is 4.92 Å². The minimum absolute atomic E-state index is 0.150. The maximum absolute atomic E-state index is 10.9. The summed E-state index contributed by atoms with van der Waals surface area (Å²) in [5.41, 5.74) is 0.761. The Labute approximate surface area is 114 Å². The predicted molar refractivity (Wildman–Crippen MR) is 72.2 cm³/mol. The van der Waals surface area contributed by atoms with Crippen LogP contribution in [0, 0.1) is 10.1 Å². The number of nitrogens with zero attached hydrogens (tertiary/aromatic N) is 3. The smallest absolute Gasteiger partial charge is 0.312 e. The molecule has 0 aliphatic rings. The molecule has 0 fully saturated rings. The van der Waals surface area contributed by atoms with Crippen LogP contribution in [0.3, 0.4) is 0 Å². The number of aromatic nitrogens is 2. The highest BCUT2D eigenvalue weighted by Gasteiger charge is 2.18. The van der Waals surface area contributed by atoms with Crippen LogP contribution in [0.25, 0.3) is 0 Å². The molecule has 0 amide bonds. The number of anilines is 1. The summed E-state index contributed by atoms with van der Waals surface area (Å²) in [6.45, 7) is 1.87. The van der Waals surface area contributed by atoms with E-state index in [0.717, 1.165) is 5.56 Å². The van der Waals surface area contributed by atoms with Crippen LogP contribution in [0.2, 0.25) is 5.02 Å². The lowest BCUT2D eigenvalue weighted by Gasteiger charge is -2.14. The molecule has 0 aromatic carbocycles. The summed E-state index contributed by atoms with van der Waals surface area (Å²) < 4.78 is 0. The van der Waals surface area contributed by atoms with Gasteiger partial charge in [0, 0.05) is 24.7 Å². The highest BCUT2D eigenvalue weighted by molar-refractivity contribution is 6.30. The van der Waals surface area contributed by atoms with Gasteiger partial charge in [-0.05, 0) is 18.6 Å². The molecule has 6 nitrogen and oxygen atoms in total. The second-order valence-electron chi connectivity index (χ2n) is 3.93. The summed E-state index contributed by atoms with van der Waals surface area (Å²) in [5.74, 6) is 0.186. The van der Waals surface area contributed by atoms with Gasteiger partial charge in [-0.1, -0.05) is 17.7 Å². The van der Waals surface area contributed by atoms with Crippen LogP contribution in [0.5, 0.6) is 0 Å². The molecular weight excluding hydrogens is 268 g/mol. The Morgan fingerprint density at radius 3 is 2.89 bits per heavy atom. The van der Waals surface area contributed by atoms with Gasteiger partial charge in [-0.3, -0.25) is 15.1 Å². The lowest BCUT2D eigenvalue weighted by Crippen LogP contribution is -2.10. The summed E-state index contributed by atoms with van der Waals surface area (Å²) in [6, 6.07) is 4.80. The Balaban J connectivity index is 2.26. The SMILES string of the molecule is CC(Nc1ncc(Cl)cc1[N+](=O)[O-])c1cccnc1. The van der Waals surface area contributed by atoms with E-state index in [9.17, 15) is 10.1 Å². The maximum atomic E-state index is 10.9. The van der Waals surface area contributed by atoms with Crippen molar-refractivity contribution in [2.24, 2.45) is 0 Å². The highest BCUT2D eigenvalue weighted by atomic mass is 35.5. The van der Waals surface area contributed by atoms with Crippen molar-refractivity contribution in [2.75, 3.05) is 5.32 Å². The molecule has 0 saturated heterocycles. The minimum Gasteiger partial charge on any atom is -0.358 e. The molecule has 19 heavy (non-hydrogen) atoms. The largest absolute Gasteiger partial charge is 0.358 e. The van der Waals surface area contributed by atoms with Gasteiger partial charge >= 0.3 is 5.69 Å². The summed E-state index contributed by atoms with van der Waals surface area (Å²) in [5, 5.41) is 14.2. The molecule has 2 rings (SSSR count). The third-order valence-corrected chi connectivity index (χ3v) is 2.78. The average molecular weight is 279 g/mol. The molecule has 1 unspecified atom stereocenters. The van der Waals surface area contributed by atoms with E-state index in [1.807, 2.05) is 13.0 Å². The number of hydrogen-bond acceptors (Lipinski definition) is 5. The van der Waals surface area contributed by atoms with E-state index in [0.29, 0.717) is 0 Å². The van der Waals surface area contributed by atoms with Crippen LogP contribution in [0.4, 0.5) is 11.5 Å². The van der Waals surface area contributed by atoms with Crippen molar-refractivity contribution >= 4 is 23.1 Å². The van der Waals surface area contributed by atoms with E-state index >= 15 is 0 Å². The molecule has 2 aromatic heterocycles. The Morgan fingerprint density at radius 1 is 1.47 bits per heavy atom. The first kappa shape index (κ1) is 13.2. The van der Waals surface area contributed by atoms with Gasteiger partial charge in [-0.25, -0.2) is 4.98 Å². The fourth-order valence-electron chi connectivity index (χ4n) is 1.60. The number of hydrogen-bond donors (Lipinski definition) is 1. The zero-order valence-corrected chi connectivity index (χ0v) is 10.8. The summed E-state index contributed by atoms with van der Waals surface area (Å²) in [4.78, 5) is 18.4. The molecule has 1 atom stereocenters. The Kier molecular flexibility index (Phi) is 3.91. The van der Waals surface area contributed by atoms with Gasteiger partial charge in [0.05, 0.1) is 16.0 Å². The van der Waals surface area contributed by atoms with Crippen molar-refractivity contribution in [1.29, 1.82) is 0 Å². The number of pyridine rings is 2. The fourth-order valence-corrected chi connectivity index (χ4v) is 1.75. The lowest BCUT2D eigenvalue weighted by molar-refractivity contribution is -0.384. The van der Waals surface area contributed by atoms with Gasteiger partial charge in [-0.2, -0.15) is 0 Å². The van der Waals surface area contributed by atoms with Crippen LogP contribution < -0.4 is 5.32 Å². The Hall–Kier alpha value is -2.21. The first-order valence-electron chi connectivity index (χ1n) is 5.54. The molecular formula is C12H11ClN4O2. The third kappa shape index (κ3) is 3.17. The molecule has 0 saturated carbocycles. The van der Waals surface area contributed by atoms with Crippen LogP contribution >= 0.6 is 11.6 Å². The van der Waals surface area contributed by atoms with Crippen molar-refractivity contribution in [3.63, 3.8) is 0 Å². The average Bonchev–Trinajstić information content (AvgIpc) is 2.41. The quantitative estimate of drug-likeness (QED) is 0.686. The van der Waals surface area contributed by atoms with Crippen LogP contribution in [-0.2, 0) is 0 Å². The normalized spacial score (nSPS) is 11.9. The monoisotopic (exact) mass is 278 g/mol. The fraction of sp³-hybridized carbons (Fsp3) is 0.167. The van der Waals surface area contributed by atoms with E-state index in [1.165, 1.54) is 12.3 Å². The van der Waals surface area contributed by atoms with Gasteiger partial charge in [-0.15, -0.1) is 0 Å². The van der Waals surface area contributed by atoms with Crippen LogP contribution in [0.1, 0.15) is 18.5 Å². The minimum atomic E-state index is -0.517. The maximum Gasteiger partial charge on any atom is 0.312 e. The zero-order chi connectivity index (χ0) is 13.8. The van der Waals surface area contributed by atoms with E-state index in [2.05, 4.69) is 15.3 Å². The van der Waals surface area contributed by atoms with Gasteiger partial charge in [0.2, 0.25) is 5.82 Å². The number of nitrogens with one attached hydrogen (secondary N) is 1. The number of rotatable bonds is 4. The predicted octanol–water partition coefficient (Wildman–Crippen LogP) is 3.21. The topological polar surface area (TPSA) is 81.0 Å². The molecule has 0 bridgehead atoms. The van der Waals surface area contributed by atoms with Crippen molar-refractivity contribution in [3.05, 3.63) is 57.5 Å². The number of nitro groups is 1. The molecule has 0 aliphatic heterocycles. The van der Waals surface area contributed by atoms with E-state index in [4.69, 9.17) is 11.6 Å². The van der Waals surface area contributed by atoms with Crippen LogP contribution in [0.15, 0.2) is 36.8 Å². The summed E-state index contributed by atoms with van der Waals surface area (Å²) >= 11 is 5.71. The number of halogens is 1. The van der Waals surface area contributed by atoms with E-state index < -0.39 is 4.92 Å². The molecule has 2 aromatic rings. The lowest BCUT2D eigenvalue weighted by atomic mass is 10.1. The van der Waals surface area contributed by atoms with E-state index in [-0.39, 0.29) is 22.6 Å². The van der Waals surface area contributed by atoms with Gasteiger partial charge in [0.1, 0.15) is 0 Å². The second-order valence-corrected chi connectivity index (χ2v) is 4.37. The summed E-state index contributed by atoms with van der Waals surface area (Å²) in [7, 11) is 0. The first-order valence-corrected chi connectivity index (χ1v) is 5.92. The molecule has 0 spiro atoms. The molecule has 7 heteroatoms. The molecule has 98 valence electrons. The summed E-state index contributed by atoms with van der Waals surface area (Å²) in [6.07, 6.45) is 4.73. The Bertz CT molecular complexity index is 592. The molecule has 2 heterocycles. The molecule has 0 aliphatic carbocycles. The highest BCUT2D eigenvalue weighted by Crippen LogP contribution is 2.28. The first-order chi connectivity index (χ1) is 9.08. The zero-order valence-electron chi connectivity index (χ0n) is 10.1.